The quantitative estimate of drug-likeness (QED) is 0.339. The number of rotatable bonds is 2. The van der Waals surface area contributed by atoms with E-state index in [1.807, 2.05) is 24.3 Å². The van der Waals surface area contributed by atoms with Gasteiger partial charge in [-0.1, -0.05) is 19.3 Å². The summed E-state index contributed by atoms with van der Waals surface area (Å²) in [7, 11) is 0. The van der Waals surface area contributed by atoms with Crippen molar-refractivity contribution in [2.75, 3.05) is 0 Å². The lowest BCUT2D eigenvalue weighted by Gasteiger charge is -1.88. The molecule has 0 nitrogen and oxygen atoms in total. The molecule has 0 spiro atoms. The Morgan fingerprint density at radius 2 is 2.38 bits per heavy atom. The fourth-order valence-electron chi connectivity index (χ4n) is 1.02. The molecule has 0 atom stereocenters. The summed E-state index contributed by atoms with van der Waals surface area (Å²) >= 11 is 0. The maximum absolute atomic E-state index is 3.13. The second-order valence-corrected chi connectivity index (χ2v) is 2.98. The van der Waals surface area contributed by atoms with Crippen molar-refractivity contribution in [1.82, 2.24) is 0 Å². The van der Waals surface area contributed by atoms with E-state index in [9.17, 15) is 0 Å². The Labute approximate surface area is 81.0 Å². The van der Waals surface area contributed by atoms with Crippen molar-refractivity contribution in [2.45, 2.75) is 26.2 Å². The third kappa shape index (κ3) is 4.28. The number of unbranched alkanes of at least 4 members (excludes halogenated alkanes) is 2. The predicted octanol–water partition coefficient (Wildman–Crippen LogP) is 3.44. The van der Waals surface area contributed by atoms with Gasteiger partial charge < -0.3 is 0 Å². The molecule has 0 unspecified atom stereocenters. The van der Waals surface area contributed by atoms with E-state index >= 15 is 0 Å². The van der Waals surface area contributed by atoms with Crippen LogP contribution in [-0.4, -0.2) is 0 Å². The Hall–Kier alpha value is -1.35. The molecule has 0 aliphatic heterocycles. The molecular formula is C13H15+. The average molecular weight is 171 g/mol. The molecule has 66 valence electrons. The molecule has 0 heterocycles. The summed E-state index contributed by atoms with van der Waals surface area (Å²) in [6, 6.07) is 0. The van der Waals surface area contributed by atoms with Crippen molar-refractivity contribution < 1.29 is 0 Å². The molecule has 1 aliphatic carbocycles. The zero-order valence-corrected chi connectivity index (χ0v) is 8.09. The first kappa shape index (κ1) is 9.74. The van der Waals surface area contributed by atoms with Crippen LogP contribution in [0, 0.1) is 18.3 Å². The van der Waals surface area contributed by atoms with Gasteiger partial charge in [0.05, 0.1) is 6.08 Å². The average Bonchev–Trinajstić information content (AvgIpc) is 2.19. The van der Waals surface area contributed by atoms with Crippen LogP contribution in [0.15, 0.2) is 36.0 Å². The van der Waals surface area contributed by atoms with Crippen molar-refractivity contribution in [3.63, 3.8) is 0 Å². The van der Waals surface area contributed by atoms with E-state index in [1.54, 1.807) is 0 Å². The van der Waals surface area contributed by atoms with Crippen LogP contribution in [0.3, 0.4) is 0 Å². The van der Waals surface area contributed by atoms with E-state index in [4.69, 9.17) is 0 Å². The molecule has 0 aromatic heterocycles. The topological polar surface area (TPSA) is 0 Å². The van der Waals surface area contributed by atoms with Crippen LogP contribution in [0.25, 0.3) is 0 Å². The second-order valence-electron chi connectivity index (χ2n) is 2.98. The van der Waals surface area contributed by atoms with Gasteiger partial charge in [-0.25, -0.2) is 0 Å². The van der Waals surface area contributed by atoms with Gasteiger partial charge in [0.25, 0.3) is 0 Å². The van der Waals surface area contributed by atoms with E-state index in [2.05, 4.69) is 31.3 Å². The van der Waals surface area contributed by atoms with Gasteiger partial charge in [0, 0.05) is 37.1 Å². The summed E-state index contributed by atoms with van der Waals surface area (Å²) in [6.07, 6.45) is 15.6. The Morgan fingerprint density at radius 1 is 1.46 bits per heavy atom. The Bertz CT molecular complexity index is 279. The van der Waals surface area contributed by atoms with Crippen molar-refractivity contribution in [3.8, 4) is 11.8 Å². The van der Waals surface area contributed by atoms with Crippen LogP contribution in [0.2, 0.25) is 0 Å². The minimum Gasteiger partial charge on any atom is -0.0874 e. The summed E-state index contributed by atoms with van der Waals surface area (Å²) in [5, 5.41) is 0. The molecule has 0 bridgehead atoms. The van der Waals surface area contributed by atoms with Crippen LogP contribution >= 0.6 is 0 Å². The molecule has 0 N–H and O–H groups in total. The lowest BCUT2D eigenvalue weighted by Crippen LogP contribution is -1.79. The van der Waals surface area contributed by atoms with Gasteiger partial charge >= 0.3 is 0 Å². The minimum absolute atomic E-state index is 1.01. The number of hydrogen-bond acceptors (Lipinski definition) is 0. The molecule has 0 saturated heterocycles. The fourth-order valence-corrected chi connectivity index (χ4v) is 1.02. The van der Waals surface area contributed by atoms with E-state index in [0.29, 0.717) is 0 Å². The SMILES string of the molecule is CCCCC#C/C=C1/C=CC=C[CH+]1. The summed E-state index contributed by atoms with van der Waals surface area (Å²) in [4.78, 5) is 0. The Balaban J connectivity index is 2.33. The summed E-state index contributed by atoms with van der Waals surface area (Å²) in [5.41, 5.74) is 1.19. The van der Waals surface area contributed by atoms with Gasteiger partial charge in [-0.3, -0.25) is 0 Å². The summed E-state index contributed by atoms with van der Waals surface area (Å²) in [5.74, 6) is 6.19. The van der Waals surface area contributed by atoms with E-state index < -0.39 is 0 Å². The van der Waals surface area contributed by atoms with Gasteiger partial charge in [-0.2, -0.15) is 0 Å². The molecule has 1 aliphatic rings. The van der Waals surface area contributed by atoms with E-state index in [1.165, 1.54) is 18.4 Å². The second kappa shape index (κ2) is 6.20. The van der Waals surface area contributed by atoms with Gasteiger partial charge in [-0.05, 0) is 12.3 Å². The summed E-state index contributed by atoms with van der Waals surface area (Å²) in [6.45, 7) is 2.18. The normalized spacial score (nSPS) is 16.5. The maximum Gasteiger partial charge on any atom is 0.105 e. The minimum atomic E-state index is 1.01. The monoisotopic (exact) mass is 171 g/mol. The molecule has 0 saturated carbocycles. The maximum atomic E-state index is 3.13. The summed E-state index contributed by atoms with van der Waals surface area (Å²) < 4.78 is 0. The molecule has 0 amide bonds. The third-order valence-electron chi connectivity index (χ3n) is 1.80. The van der Waals surface area contributed by atoms with Gasteiger partial charge in [-0.15, -0.1) is 0 Å². The third-order valence-corrected chi connectivity index (χ3v) is 1.80. The first-order valence-corrected chi connectivity index (χ1v) is 4.80. The fraction of sp³-hybridized carbons (Fsp3) is 0.308. The highest BCUT2D eigenvalue weighted by Gasteiger charge is 1.98. The van der Waals surface area contributed by atoms with Gasteiger partial charge in [0.1, 0.15) is 5.57 Å². The molecular weight excluding hydrogens is 156 g/mol. The lowest BCUT2D eigenvalue weighted by molar-refractivity contribution is 0.828. The van der Waals surface area contributed by atoms with Gasteiger partial charge in [0.15, 0.2) is 0 Å². The largest absolute Gasteiger partial charge is 0.105 e. The molecule has 0 radical (unpaired) electrons. The number of allylic oxidation sites excluding steroid dienone is 6. The molecule has 0 aromatic rings. The highest BCUT2D eigenvalue weighted by molar-refractivity contribution is 5.42. The van der Waals surface area contributed by atoms with Gasteiger partial charge in [0.2, 0.25) is 0 Å². The van der Waals surface area contributed by atoms with Crippen LogP contribution in [0.4, 0.5) is 0 Å². The predicted molar refractivity (Wildman–Crippen MR) is 58.0 cm³/mol. The lowest BCUT2D eigenvalue weighted by atomic mass is 10.1. The van der Waals surface area contributed by atoms with Crippen molar-refractivity contribution >= 4 is 0 Å². The molecule has 0 aromatic carbocycles. The standard InChI is InChI=1S/C13H15/c1-2-3-4-5-7-10-13-11-8-6-9-12-13/h6,8-12H,2-4H2,1H3/q+1. The Kier molecular flexibility index (Phi) is 4.64. The van der Waals surface area contributed by atoms with Crippen molar-refractivity contribution in [2.24, 2.45) is 0 Å². The van der Waals surface area contributed by atoms with Crippen LogP contribution in [0.1, 0.15) is 26.2 Å². The Morgan fingerprint density at radius 3 is 3.08 bits per heavy atom. The zero-order valence-electron chi connectivity index (χ0n) is 8.09. The van der Waals surface area contributed by atoms with Crippen LogP contribution in [-0.2, 0) is 0 Å². The van der Waals surface area contributed by atoms with E-state index in [0.717, 1.165) is 6.42 Å². The van der Waals surface area contributed by atoms with Crippen LogP contribution in [0.5, 0.6) is 0 Å². The van der Waals surface area contributed by atoms with Crippen molar-refractivity contribution in [1.29, 1.82) is 0 Å². The highest BCUT2D eigenvalue weighted by Crippen LogP contribution is 2.07. The molecule has 0 fully saturated rings. The van der Waals surface area contributed by atoms with Crippen molar-refractivity contribution in [3.05, 3.63) is 42.4 Å². The first-order chi connectivity index (χ1) is 6.43. The highest BCUT2D eigenvalue weighted by atomic mass is 13.9. The van der Waals surface area contributed by atoms with E-state index in [-0.39, 0.29) is 0 Å². The zero-order chi connectivity index (χ0) is 9.36. The first-order valence-electron chi connectivity index (χ1n) is 4.80. The smallest absolute Gasteiger partial charge is 0.0874 e. The molecule has 0 heteroatoms. The molecule has 1 rings (SSSR count). The molecule has 13 heavy (non-hydrogen) atoms. The van der Waals surface area contributed by atoms with Crippen LogP contribution < -0.4 is 0 Å². The number of hydrogen-bond donors (Lipinski definition) is 0.